The Morgan fingerprint density at radius 1 is 1.43 bits per heavy atom. The van der Waals surface area contributed by atoms with Gasteiger partial charge >= 0.3 is 5.97 Å². The molecular formula is C10H9NO3. The molecular weight excluding hydrogens is 182 g/mol. The highest BCUT2D eigenvalue weighted by Gasteiger charge is 2.14. The molecule has 1 heterocycles. The summed E-state index contributed by atoms with van der Waals surface area (Å²) in [7, 11) is 0. The van der Waals surface area contributed by atoms with Gasteiger partial charge < -0.3 is 15.2 Å². The Morgan fingerprint density at radius 3 is 2.79 bits per heavy atom. The van der Waals surface area contributed by atoms with Crippen LogP contribution in [0.5, 0.6) is 5.75 Å². The van der Waals surface area contributed by atoms with Crippen molar-refractivity contribution in [1.82, 2.24) is 4.98 Å². The first-order chi connectivity index (χ1) is 6.61. The number of carboxylic acid groups (broad SMARTS) is 1. The Labute approximate surface area is 79.8 Å². The van der Waals surface area contributed by atoms with Crippen LogP contribution in [0, 0.1) is 6.92 Å². The Morgan fingerprint density at radius 2 is 2.14 bits per heavy atom. The van der Waals surface area contributed by atoms with E-state index in [9.17, 15) is 9.90 Å². The van der Waals surface area contributed by atoms with Gasteiger partial charge in [0.1, 0.15) is 5.75 Å². The number of aromatic nitrogens is 1. The number of hydrogen-bond donors (Lipinski definition) is 3. The molecule has 3 N–H and O–H groups in total. The van der Waals surface area contributed by atoms with Crippen LogP contribution in [0.3, 0.4) is 0 Å². The third-order valence-electron chi connectivity index (χ3n) is 2.25. The molecule has 1 aromatic heterocycles. The molecule has 0 unspecified atom stereocenters. The van der Waals surface area contributed by atoms with Gasteiger partial charge in [-0.2, -0.15) is 0 Å². The van der Waals surface area contributed by atoms with Crippen LogP contribution in [0.15, 0.2) is 18.3 Å². The second-order valence-electron chi connectivity index (χ2n) is 3.16. The summed E-state index contributed by atoms with van der Waals surface area (Å²) >= 11 is 0. The molecule has 1 aromatic carbocycles. The zero-order valence-corrected chi connectivity index (χ0v) is 7.53. The summed E-state index contributed by atoms with van der Waals surface area (Å²) < 4.78 is 0. The van der Waals surface area contributed by atoms with Crippen LogP contribution < -0.4 is 0 Å². The number of phenolic OH excluding ortho intramolecular Hbond substituents is 1. The van der Waals surface area contributed by atoms with E-state index in [0.29, 0.717) is 10.9 Å². The fraction of sp³-hybridized carbons (Fsp3) is 0.100. The van der Waals surface area contributed by atoms with Gasteiger partial charge in [0.2, 0.25) is 0 Å². The Hall–Kier alpha value is -1.97. The Balaban J connectivity index is 2.90. The fourth-order valence-corrected chi connectivity index (χ4v) is 1.57. The van der Waals surface area contributed by atoms with E-state index >= 15 is 0 Å². The summed E-state index contributed by atoms with van der Waals surface area (Å²) in [5.74, 6) is -0.928. The van der Waals surface area contributed by atoms with E-state index in [1.54, 1.807) is 12.1 Å². The molecule has 14 heavy (non-hydrogen) atoms. The number of carboxylic acids is 1. The van der Waals surface area contributed by atoms with Crippen molar-refractivity contribution in [3.63, 3.8) is 0 Å². The molecule has 0 atom stereocenters. The van der Waals surface area contributed by atoms with Crippen LogP contribution in [0.1, 0.15) is 15.9 Å². The summed E-state index contributed by atoms with van der Waals surface area (Å²) in [5.41, 5.74) is 1.49. The zero-order valence-electron chi connectivity index (χ0n) is 7.53. The second kappa shape index (κ2) is 2.77. The van der Waals surface area contributed by atoms with Gasteiger partial charge in [0.25, 0.3) is 0 Å². The maximum absolute atomic E-state index is 10.8. The number of fused-ring (bicyclic) bond motifs is 1. The van der Waals surface area contributed by atoms with Crippen LogP contribution in [0.2, 0.25) is 0 Å². The number of phenols is 1. The molecule has 0 aliphatic carbocycles. The second-order valence-corrected chi connectivity index (χ2v) is 3.16. The molecule has 0 bridgehead atoms. The number of aryl methyl sites for hydroxylation is 1. The van der Waals surface area contributed by atoms with Gasteiger partial charge in [-0.3, -0.25) is 0 Å². The number of H-pyrrole nitrogens is 1. The monoisotopic (exact) mass is 191 g/mol. The normalized spacial score (nSPS) is 10.6. The predicted octanol–water partition coefficient (Wildman–Crippen LogP) is 1.88. The van der Waals surface area contributed by atoms with Crippen molar-refractivity contribution in [1.29, 1.82) is 0 Å². The number of aromatic hydroxyl groups is 1. The van der Waals surface area contributed by atoms with E-state index in [1.165, 1.54) is 6.20 Å². The molecule has 4 heteroatoms. The lowest BCUT2D eigenvalue weighted by molar-refractivity contribution is 0.0699. The van der Waals surface area contributed by atoms with Crippen molar-refractivity contribution >= 4 is 16.9 Å². The van der Waals surface area contributed by atoms with E-state index in [2.05, 4.69) is 4.98 Å². The number of hydrogen-bond acceptors (Lipinski definition) is 2. The smallest absolute Gasteiger partial charge is 0.337 e. The first kappa shape index (κ1) is 8.62. The van der Waals surface area contributed by atoms with E-state index in [0.717, 1.165) is 5.56 Å². The molecule has 72 valence electrons. The average Bonchev–Trinajstić information content (AvgIpc) is 2.56. The van der Waals surface area contributed by atoms with Gasteiger partial charge in [0.05, 0.1) is 11.1 Å². The molecule has 2 aromatic rings. The van der Waals surface area contributed by atoms with Crippen molar-refractivity contribution in [2.75, 3.05) is 0 Å². The van der Waals surface area contributed by atoms with Gasteiger partial charge in [-0.25, -0.2) is 4.79 Å². The predicted molar refractivity (Wildman–Crippen MR) is 51.7 cm³/mol. The van der Waals surface area contributed by atoms with Crippen LogP contribution in [-0.2, 0) is 0 Å². The lowest BCUT2D eigenvalue weighted by Gasteiger charge is -1.99. The molecule has 2 rings (SSSR count). The maximum Gasteiger partial charge on any atom is 0.337 e. The summed E-state index contributed by atoms with van der Waals surface area (Å²) in [6, 6.07) is 3.23. The topological polar surface area (TPSA) is 73.3 Å². The van der Waals surface area contributed by atoms with E-state index in [4.69, 9.17) is 5.11 Å². The first-order valence-electron chi connectivity index (χ1n) is 4.14. The number of carbonyl (C=O) groups is 1. The number of rotatable bonds is 1. The fourth-order valence-electron chi connectivity index (χ4n) is 1.57. The average molecular weight is 191 g/mol. The van der Waals surface area contributed by atoms with E-state index in [1.807, 2.05) is 6.92 Å². The van der Waals surface area contributed by atoms with Crippen LogP contribution in [0.25, 0.3) is 10.9 Å². The SMILES string of the molecule is Cc1ccc(O)c2[nH]cc(C(=O)O)c12. The minimum Gasteiger partial charge on any atom is -0.506 e. The van der Waals surface area contributed by atoms with E-state index < -0.39 is 5.97 Å². The molecule has 0 fully saturated rings. The van der Waals surface area contributed by atoms with Crippen molar-refractivity contribution < 1.29 is 15.0 Å². The summed E-state index contributed by atoms with van der Waals surface area (Å²) in [6.07, 6.45) is 1.39. The minimum absolute atomic E-state index is 0.0677. The summed E-state index contributed by atoms with van der Waals surface area (Å²) in [5, 5.41) is 18.9. The van der Waals surface area contributed by atoms with Gasteiger partial charge in [0, 0.05) is 11.6 Å². The summed E-state index contributed by atoms with van der Waals surface area (Å²) in [6.45, 7) is 1.81. The molecule has 0 aliphatic rings. The van der Waals surface area contributed by atoms with Gasteiger partial charge in [-0.15, -0.1) is 0 Å². The Bertz CT molecular complexity index is 513. The Kier molecular flexibility index (Phi) is 1.70. The van der Waals surface area contributed by atoms with Crippen LogP contribution in [-0.4, -0.2) is 21.2 Å². The summed E-state index contributed by atoms with van der Waals surface area (Å²) in [4.78, 5) is 13.6. The molecule has 0 saturated heterocycles. The van der Waals surface area contributed by atoms with Gasteiger partial charge in [0.15, 0.2) is 0 Å². The quantitative estimate of drug-likeness (QED) is 0.644. The maximum atomic E-state index is 10.8. The van der Waals surface area contributed by atoms with Crippen LogP contribution in [0.4, 0.5) is 0 Å². The highest BCUT2D eigenvalue weighted by Crippen LogP contribution is 2.29. The number of aromatic carboxylic acids is 1. The lowest BCUT2D eigenvalue weighted by Crippen LogP contribution is -1.94. The number of nitrogens with one attached hydrogen (secondary N) is 1. The molecule has 0 amide bonds. The minimum atomic E-state index is -0.995. The lowest BCUT2D eigenvalue weighted by atomic mass is 10.1. The highest BCUT2D eigenvalue weighted by molar-refractivity contribution is 6.06. The first-order valence-corrected chi connectivity index (χ1v) is 4.14. The molecule has 0 saturated carbocycles. The van der Waals surface area contributed by atoms with Crippen LogP contribution >= 0.6 is 0 Å². The standard InChI is InChI=1S/C10H9NO3/c1-5-2-3-7(12)9-8(5)6(4-11-9)10(13)14/h2-4,11-12H,1H3,(H,13,14). The van der Waals surface area contributed by atoms with Crippen molar-refractivity contribution in [2.45, 2.75) is 6.92 Å². The molecule has 0 spiro atoms. The third-order valence-corrected chi connectivity index (χ3v) is 2.25. The third kappa shape index (κ3) is 1.04. The number of benzene rings is 1. The van der Waals surface area contributed by atoms with Gasteiger partial charge in [-0.1, -0.05) is 6.07 Å². The molecule has 4 nitrogen and oxygen atoms in total. The van der Waals surface area contributed by atoms with Gasteiger partial charge in [-0.05, 0) is 18.6 Å². The highest BCUT2D eigenvalue weighted by atomic mass is 16.4. The molecule has 0 aliphatic heterocycles. The van der Waals surface area contributed by atoms with E-state index in [-0.39, 0.29) is 11.3 Å². The van der Waals surface area contributed by atoms with Crippen molar-refractivity contribution in [3.05, 3.63) is 29.5 Å². The molecule has 0 radical (unpaired) electrons. The van der Waals surface area contributed by atoms with Crippen molar-refractivity contribution in [3.8, 4) is 5.75 Å². The largest absolute Gasteiger partial charge is 0.506 e. The zero-order chi connectivity index (χ0) is 10.3. The number of aromatic amines is 1. The van der Waals surface area contributed by atoms with Crippen molar-refractivity contribution in [2.24, 2.45) is 0 Å².